The van der Waals surface area contributed by atoms with Crippen molar-refractivity contribution in [2.24, 2.45) is 5.92 Å². The van der Waals surface area contributed by atoms with Crippen LogP contribution >= 0.6 is 0 Å². The minimum Gasteiger partial charge on any atom is -0.496 e. The number of sulfonamides is 1. The Labute approximate surface area is 170 Å². The molecular weight excluding hydrogens is 395 g/mol. The largest absolute Gasteiger partial charge is 0.496 e. The highest BCUT2D eigenvalue weighted by atomic mass is 32.2. The van der Waals surface area contributed by atoms with Crippen molar-refractivity contribution in [3.63, 3.8) is 0 Å². The monoisotopic (exact) mass is 420 g/mol. The molecule has 2 aromatic carbocycles. The summed E-state index contributed by atoms with van der Waals surface area (Å²) in [6, 6.07) is 11.7. The Morgan fingerprint density at radius 3 is 2.69 bits per heavy atom. The van der Waals surface area contributed by atoms with Crippen LogP contribution in [0.5, 0.6) is 5.75 Å². The van der Waals surface area contributed by atoms with Crippen LogP contribution in [0.3, 0.4) is 0 Å². The summed E-state index contributed by atoms with van der Waals surface area (Å²) in [7, 11) is -1.88. The Bertz CT molecular complexity index is 994. The van der Waals surface area contributed by atoms with E-state index in [-0.39, 0.29) is 37.1 Å². The molecule has 0 spiro atoms. The van der Waals surface area contributed by atoms with Gasteiger partial charge in [0.15, 0.2) is 0 Å². The SMILES string of the molecule is CCS(=O)(=O)N1CCNC(=O)C(Cc2ccccc2-c2cc(F)ccc2OC)C1. The van der Waals surface area contributed by atoms with Crippen molar-refractivity contribution in [2.45, 2.75) is 13.3 Å². The van der Waals surface area contributed by atoms with E-state index in [1.165, 1.54) is 23.5 Å². The number of nitrogens with zero attached hydrogens (tertiary/aromatic N) is 1. The third-order valence-corrected chi connectivity index (χ3v) is 7.00. The zero-order valence-corrected chi connectivity index (χ0v) is 17.3. The third kappa shape index (κ3) is 4.76. The van der Waals surface area contributed by atoms with Gasteiger partial charge in [0, 0.05) is 25.2 Å². The first-order chi connectivity index (χ1) is 13.9. The van der Waals surface area contributed by atoms with Crippen molar-refractivity contribution in [2.75, 3.05) is 32.5 Å². The molecule has 156 valence electrons. The molecule has 0 saturated carbocycles. The summed E-state index contributed by atoms with van der Waals surface area (Å²) in [5.74, 6) is -0.591. The number of methoxy groups -OCH3 is 1. The number of rotatable bonds is 6. The molecule has 1 N–H and O–H groups in total. The smallest absolute Gasteiger partial charge is 0.224 e. The average Bonchev–Trinajstić information content (AvgIpc) is 2.90. The molecule has 29 heavy (non-hydrogen) atoms. The predicted octanol–water partition coefficient (Wildman–Crippen LogP) is 2.44. The van der Waals surface area contributed by atoms with E-state index in [0.29, 0.717) is 17.7 Å². The molecule has 1 aliphatic rings. The topological polar surface area (TPSA) is 75.7 Å². The summed E-state index contributed by atoms with van der Waals surface area (Å²) in [6.07, 6.45) is 0.331. The number of amides is 1. The maximum Gasteiger partial charge on any atom is 0.224 e. The molecule has 0 aliphatic carbocycles. The van der Waals surface area contributed by atoms with Gasteiger partial charge in [-0.15, -0.1) is 0 Å². The van der Waals surface area contributed by atoms with Gasteiger partial charge in [-0.3, -0.25) is 4.79 Å². The molecule has 2 aromatic rings. The predicted molar refractivity (Wildman–Crippen MR) is 110 cm³/mol. The van der Waals surface area contributed by atoms with E-state index in [1.54, 1.807) is 13.0 Å². The normalized spacial score (nSPS) is 18.2. The van der Waals surface area contributed by atoms with E-state index in [2.05, 4.69) is 5.32 Å². The van der Waals surface area contributed by atoms with E-state index in [1.807, 2.05) is 24.3 Å². The number of hydrogen-bond acceptors (Lipinski definition) is 4. The number of ether oxygens (including phenoxy) is 1. The number of nitrogens with one attached hydrogen (secondary N) is 1. The van der Waals surface area contributed by atoms with Crippen LogP contribution < -0.4 is 10.1 Å². The third-order valence-electron chi connectivity index (χ3n) is 5.15. The highest BCUT2D eigenvalue weighted by Crippen LogP contribution is 2.34. The second-order valence-electron chi connectivity index (χ2n) is 6.95. The van der Waals surface area contributed by atoms with Crippen molar-refractivity contribution >= 4 is 15.9 Å². The minimum absolute atomic E-state index is 0.00894. The van der Waals surface area contributed by atoms with Gasteiger partial charge in [-0.25, -0.2) is 12.8 Å². The van der Waals surface area contributed by atoms with Crippen LogP contribution in [0.15, 0.2) is 42.5 Å². The summed E-state index contributed by atoms with van der Waals surface area (Å²) in [5, 5.41) is 2.80. The lowest BCUT2D eigenvalue weighted by molar-refractivity contribution is -0.124. The molecule has 1 fully saturated rings. The standard InChI is InChI=1S/C21H25FN2O4S/c1-3-29(26,27)24-11-10-23-21(25)16(14-24)12-15-6-4-5-7-18(15)19-13-17(22)8-9-20(19)28-2/h4-9,13,16H,3,10-12,14H2,1-2H3,(H,23,25). The Hall–Kier alpha value is -2.45. The van der Waals surface area contributed by atoms with Gasteiger partial charge >= 0.3 is 0 Å². The molecule has 0 bridgehead atoms. The van der Waals surface area contributed by atoms with Crippen LogP contribution in [0, 0.1) is 11.7 Å². The fourth-order valence-corrected chi connectivity index (χ4v) is 4.72. The quantitative estimate of drug-likeness (QED) is 0.779. The van der Waals surface area contributed by atoms with Crippen molar-refractivity contribution in [3.8, 4) is 16.9 Å². The molecule has 1 amide bonds. The van der Waals surface area contributed by atoms with Gasteiger partial charge in [-0.2, -0.15) is 4.31 Å². The Balaban J connectivity index is 1.96. The molecule has 1 unspecified atom stereocenters. The second kappa shape index (κ2) is 8.92. The fraction of sp³-hybridized carbons (Fsp3) is 0.381. The lowest BCUT2D eigenvalue weighted by Gasteiger charge is -2.23. The van der Waals surface area contributed by atoms with Crippen molar-refractivity contribution in [3.05, 3.63) is 53.8 Å². The molecule has 8 heteroatoms. The van der Waals surface area contributed by atoms with Crippen LogP contribution in [0.2, 0.25) is 0 Å². The molecule has 1 aliphatic heterocycles. The highest BCUT2D eigenvalue weighted by Gasteiger charge is 2.31. The number of halogens is 1. The summed E-state index contributed by atoms with van der Waals surface area (Å²) >= 11 is 0. The molecule has 1 atom stereocenters. The molecular formula is C21H25FN2O4S. The van der Waals surface area contributed by atoms with Crippen LogP contribution in [0.25, 0.3) is 11.1 Å². The molecule has 3 rings (SSSR count). The number of carbonyl (C=O) groups excluding carboxylic acids is 1. The van der Waals surface area contributed by atoms with Crippen LogP contribution in [-0.2, 0) is 21.2 Å². The number of benzene rings is 2. The lowest BCUT2D eigenvalue weighted by atomic mass is 9.91. The van der Waals surface area contributed by atoms with Crippen LogP contribution in [0.1, 0.15) is 12.5 Å². The first-order valence-corrected chi connectivity index (χ1v) is 11.1. The zero-order chi connectivity index (χ0) is 21.0. The maximum absolute atomic E-state index is 13.9. The molecule has 0 aromatic heterocycles. The maximum atomic E-state index is 13.9. The van der Waals surface area contributed by atoms with Gasteiger partial charge in [0.25, 0.3) is 0 Å². The zero-order valence-electron chi connectivity index (χ0n) is 16.5. The van der Waals surface area contributed by atoms with E-state index >= 15 is 0 Å². The van der Waals surface area contributed by atoms with Gasteiger partial charge in [0.2, 0.25) is 15.9 Å². The summed E-state index contributed by atoms with van der Waals surface area (Å²) in [5.41, 5.74) is 2.17. The van der Waals surface area contributed by atoms with Gasteiger partial charge in [0.05, 0.1) is 18.8 Å². The van der Waals surface area contributed by atoms with Crippen molar-refractivity contribution in [1.29, 1.82) is 0 Å². The van der Waals surface area contributed by atoms with Crippen molar-refractivity contribution in [1.82, 2.24) is 9.62 Å². The summed E-state index contributed by atoms with van der Waals surface area (Å²) < 4.78 is 45.4. The fourth-order valence-electron chi connectivity index (χ4n) is 3.58. The average molecular weight is 421 g/mol. The minimum atomic E-state index is -3.40. The van der Waals surface area contributed by atoms with Gasteiger partial charge in [-0.05, 0) is 42.7 Å². The lowest BCUT2D eigenvalue weighted by Crippen LogP contribution is -2.38. The van der Waals surface area contributed by atoms with Crippen LogP contribution in [-0.4, -0.2) is 51.1 Å². The van der Waals surface area contributed by atoms with E-state index in [4.69, 9.17) is 4.74 Å². The first-order valence-electron chi connectivity index (χ1n) is 9.53. The molecule has 6 nitrogen and oxygen atoms in total. The van der Waals surface area contributed by atoms with Gasteiger partial charge in [0.1, 0.15) is 11.6 Å². The number of carbonyl (C=O) groups is 1. The Morgan fingerprint density at radius 1 is 1.21 bits per heavy atom. The van der Waals surface area contributed by atoms with Gasteiger partial charge < -0.3 is 10.1 Å². The highest BCUT2D eigenvalue weighted by molar-refractivity contribution is 7.89. The molecule has 1 heterocycles. The first kappa shape index (κ1) is 21.3. The second-order valence-corrected chi connectivity index (χ2v) is 9.21. The number of hydrogen-bond donors (Lipinski definition) is 1. The summed E-state index contributed by atoms with van der Waals surface area (Å²) in [6.45, 7) is 2.26. The summed E-state index contributed by atoms with van der Waals surface area (Å²) in [4.78, 5) is 12.6. The van der Waals surface area contributed by atoms with Gasteiger partial charge in [-0.1, -0.05) is 24.3 Å². The van der Waals surface area contributed by atoms with Crippen molar-refractivity contribution < 1.29 is 22.3 Å². The van der Waals surface area contributed by atoms with E-state index < -0.39 is 15.9 Å². The molecule has 1 saturated heterocycles. The molecule has 0 radical (unpaired) electrons. The van der Waals surface area contributed by atoms with E-state index in [9.17, 15) is 17.6 Å². The van der Waals surface area contributed by atoms with Crippen LogP contribution in [0.4, 0.5) is 4.39 Å². The van der Waals surface area contributed by atoms with E-state index in [0.717, 1.165) is 11.1 Å². The Kier molecular flexibility index (Phi) is 6.54. The Morgan fingerprint density at radius 2 is 1.97 bits per heavy atom.